The second-order valence-electron chi connectivity index (χ2n) is 1.55. The maximum absolute atomic E-state index is 10.5. The smallest absolute Gasteiger partial charge is 0.373 e. The highest BCUT2D eigenvalue weighted by Crippen LogP contribution is 1.91. The third-order valence-electron chi connectivity index (χ3n) is 0.737. The van der Waals surface area contributed by atoms with E-state index in [-0.39, 0.29) is 0 Å². The van der Waals surface area contributed by atoms with Gasteiger partial charge in [-0.2, -0.15) is 0 Å². The van der Waals surface area contributed by atoms with Crippen molar-refractivity contribution in [3.8, 4) is 0 Å². The number of nitrogens with two attached hydrogens (primary N) is 2. The first-order valence-corrected chi connectivity index (χ1v) is 2.45. The largest absolute Gasteiger partial charge is 0.412 e. The Labute approximate surface area is 61.8 Å². The number of esters is 1. The third kappa shape index (κ3) is 2.99. The van der Waals surface area contributed by atoms with E-state index < -0.39 is 23.5 Å². The number of carbonyl (C=O) groups excluding carboxylic acids is 3. The highest BCUT2D eigenvalue weighted by atomic mass is 16.6. The first kappa shape index (κ1) is 9.15. The Kier molecular flexibility index (Phi) is 2.79. The minimum Gasteiger partial charge on any atom is -0.373 e. The van der Waals surface area contributed by atoms with Gasteiger partial charge in [-0.25, -0.2) is 9.59 Å². The van der Waals surface area contributed by atoms with Crippen molar-refractivity contribution >= 4 is 18.0 Å². The summed E-state index contributed by atoms with van der Waals surface area (Å²) in [5.74, 6) is -2.29. The fourth-order valence-corrected chi connectivity index (χ4v) is 0.254. The van der Waals surface area contributed by atoms with E-state index in [1.165, 1.54) is 0 Å². The Morgan fingerprint density at radius 1 is 1.18 bits per heavy atom. The van der Waals surface area contributed by atoms with Crippen molar-refractivity contribution in [1.82, 2.24) is 0 Å². The first-order valence-electron chi connectivity index (χ1n) is 2.45. The van der Waals surface area contributed by atoms with Crippen LogP contribution >= 0.6 is 0 Å². The van der Waals surface area contributed by atoms with Gasteiger partial charge in [-0.3, -0.25) is 4.79 Å². The molecule has 60 valence electrons. The van der Waals surface area contributed by atoms with Crippen LogP contribution in [0.2, 0.25) is 0 Å². The molecule has 0 fully saturated rings. The third-order valence-corrected chi connectivity index (χ3v) is 0.737. The summed E-state index contributed by atoms with van der Waals surface area (Å²) in [6.45, 7) is 2.95. The predicted octanol–water partition coefficient (Wildman–Crippen LogP) is -1.35. The summed E-state index contributed by atoms with van der Waals surface area (Å²) in [7, 11) is 0. The molecule has 0 bridgehead atoms. The van der Waals surface area contributed by atoms with Gasteiger partial charge in [-0.05, 0) is 0 Å². The zero-order valence-corrected chi connectivity index (χ0v) is 5.49. The van der Waals surface area contributed by atoms with Gasteiger partial charge in [0.1, 0.15) is 5.57 Å². The van der Waals surface area contributed by atoms with Gasteiger partial charge in [-0.15, -0.1) is 0 Å². The van der Waals surface area contributed by atoms with Crippen molar-refractivity contribution in [2.75, 3.05) is 0 Å². The van der Waals surface area contributed by atoms with E-state index in [0.29, 0.717) is 0 Å². The molecule has 4 N–H and O–H groups in total. The van der Waals surface area contributed by atoms with E-state index >= 15 is 0 Å². The topological polar surface area (TPSA) is 112 Å². The highest BCUT2D eigenvalue weighted by Gasteiger charge is 2.15. The fraction of sp³-hybridized carbons (Fsp3) is 0. The van der Waals surface area contributed by atoms with E-state index in [0.717, 1.165) is 0 Å². The number of primary amides is 2. The molecule has 0 aromatic rings. The van der Waals surface area contributed by atoms with Crippen molar-refractivity contribution < 1.29 is 19.1 Å². The monoisotopic (exact) mass is 158 g/mol. The average Bonchev–Trinajstić information content (AvgIpc) is 1.84. The highest BCUT2D eigenvalue weighted by molar-refractivity contribution is 6.16. The van der Waals surface area contributed by atoms with E-state index in [4.69, 9.17) is 0 Å². The molecule has 0 saturated carbocycles. The molecule has 0 aliphatic carbocycles. The van der Waals surface area contributed by atoms with Crippen molar-refractivity contribution in [3.63, 3.8) is 0 Å². The van der Waals surface area contributed by atoms with Crippen molar-refractivity contribution in [2.45, 2.75) is 0 Å². The van der Waals surface area contributed by atoms with Gasteiger partial charge in [0, 0.05) is 0 Å². The molecule has 0 heterocycles. The molecule has 0 aromatic carbocycles. The lowest BCUT2D eigenvalue weighted by Crippen LogP contribution is -2.25. The Morgan fingerprint density at radius 3 is 1.91 bits per heavy atom. The molecule has 6 nitrogen and oxygen atoms in total. The number of amides is 2. The van der Waals surface area contributed by atoms with Gasteiger partial charge in [0.05, 0.1) is 0 Å². The number of rotatable bonds is 2. The van der Waals surface area contributed by atoms with Gasteiger partial charge in [0.15, 0.2) is 0 Å². The SMILES string of the molecule is C=C(C(N)=O)C(=O)OC(N)=O. The molecule has 0 saturated heterocycles. The Hall–Kier alpha value is -1.85. The lowest BCUT2D eigenvalue weighted by molar-refractivity contribution is -0.134. The lowest BCUT2D eigenvalue weighted by atomic mass is 10.3. The fourth-order valence-electron chi connectivity index (χ4n) is 0.254. The van der Waals surface area contributed by atoms with Crippen LogP contribution in [0.3, 0.4) is 0 Å². The number of ether oxygens (including phenoxy) is 1. The predicted molar refractivity (Wildman–Crippen MR) is 34.0 cm³/mol. The van der Waals surface area contributed by atoms with Gasteiger partial charge in [0.2, 0.25) is 0 Å². The molecule has 0 rings (SSSR count). The minimum atomic E-state index is -1.31. The molecule has 0 aliphatic heterocycles. The van der Waals surface area contributed by atoms with Gasteiger partial charge < -0.3 is 16.2 Å². The summed E-state index contributed by atoms with van der Waals surface area (Å²) >= 11 is 0. The number of hydrogen-bond acceptors (Lipinski definition) is 4. The molecular formula is C5H6N2O4. The van der Waals surface area contributed by atoms with E-state index in [1.54, 1.807) is 0 Å². The van der Waals surface area contributed by atoms with Gasteiger partial charge in [-0.1, -0.05) is 6.58 Å². The molecule has 0 unspecified atom stereocenters. The normalized spacial score (nSPS) is 8.36. The standard InChI is InChI=1S/C5H6N2O4/c1-2(3(6)8)4(9)11-5(7)10/h1H2,(H2,6,8)(H2,7,10). The molecule has 6 heteroatoms. The number of hydrogen-bond donors (Lipinski definition) is 2. The summed E-state index contributed by atoms with van der Waals surface area (Å²) < 4.78 is 3.77. The van der Waals surface area contributed by atoms with Crippen LogP contribution in [-0.2, 0) is 14.3 Å². The number of carbonyl (C=O) groups is 3. The Bertz CT molecular complexity index is 233. The second-order valence-corrected chi connectivity index (χ2v) is 1.55. The summed E-state index contributed by atoms with van der Waals surface area (Å²) in [4.78, 5) is 30.6. The van der Waals surface area contributed by atoms with Crippen LogP contribution in [0.1, 0.15) is 0 Å². The van der Waals surface area contributed by atoms with Crippen LogP contribution in [0.4, 0.5) is 4.79 Å². The minimum absolute atomic E-state index is 0.621. The Morgan fingerprint density at radius 2 is 1.64 bits per heavy atom. The lowest BCUT2D eigenvalue weighted by Gasteiger charge is -1.97. The van der Waals surface area contributed by atoms with E-state index in [2.05, 4.69) is 22.8 Å². The zero-order chi connectivity index (χ0) is 9.02. The van der Waals surface area contributed by atoms with E-state index in [1.807, 2.05) is 0 Å². The molecular weight excluding hydrogens is 152 g/mol. The molecule has 2 amide bonds. The zero-order valence-electron chi connectivity index (χ0n) is 5.49. The van der Waals surface area contributed by atoms with Crippen molar-refractivity contribution in [2.24, 2.45) is 11.5 Å². The first-order chi connectivity index (χ1) is 4.95. The molecule has 0 aliphatic rings. The van der Waals surface area contributed by atoms with Crippen molar-refractivity contribution in [3.05, 3.63) is 12.2 Å². The molecule has 0 atom stereocenters. The summed E-state index contributed by atoms with van der Waals surface area (Å²) in [6, 6.07) is 0. The van der Waals surface area contributed by atoms with Crippen LogP contribution < -0.4 is 11.5 Å². The molecule has 0 aromatic heterocycles. The van der Waals surface area contributed by atoms with Crippen LogP contribution in [0, 0.1) is 0 Å². The van der Waals surface area contributed by atoms with Crippen LogP contribution in [-0.4, -0.2) is 18.0 Å². The maximum Gasteiger partial charge on any atom is 0.412 e. The maximum atomic E-state index is 10.5. The van der Waals surface area contributed by atoms with Gasteiger partial charge in [0.25, 0.3) is 5.91 Å². The van der Waals surface area contributed by atoms with Crippen LogP contribution in [0.25, 0.3) is 0 Å². The average molecular weight is 158 g/mol. The molecule has 0 radical (unpaired) electrons. The Balaban J connectivity index is 4.16. The van der Waals surface area contributed by atoms with Crippen LogP contribution in [0.5, 0.6) is 0 Å². The molecule has 0 spiro atoms. The molecule has 11 heavy (non-hydrogen) atoms. The summed E-state index contributed by atoms with van der Waals surface area (Å²) in [5, 5.41) is 0. The van der Waals surface area contributed by atoms with Crippen molar-refractivity contribution in [1.29, 1.82) is 0 Å². The second kappa shape index (κ2) is 3.35. The van der Waals surface area contributed by atoms with Crippen LogP contribution in [0.15, 0.2) is 12.2 Å². The summed E-state index contributed by atoms with van der Waals surface area (Å²) in [5.41, 5.74) is 8.46. The summed E-state index contributed by atoms with van der Waals surface area (Å²) in [6.07, 6.45) is -1.31. The quantitative estimate of drug-likeness (QED) is 0.224. The van der Waals surface area contributed by atoms with E-state index in [9.17, 15) is 14.4 Å². The van der Waals surface area contributed by atoms with Gasteiger partial charge >= 0.3 is 12.1 Å².